The maximum absolute atomic E-state index is 13.4. The van der Waals surface area contributed by atoms with Crippen molar-refractivity contribution in [2.24, 2.45) is 5.10 Å². The number of anilines is 1. The van der Waals surface area contributed by atoms with Crippen molar-refractivity contribution in [1.82, 2.24) is 5.43 Å². The van der Waals surface area contributed by atoms with Crippen molar-refractivity contribution in [3.63, 3.8) is 0 Å². The Labute approximate surface area is 189 Å². The number of nitrogens with zero attached hydrogens (tertiary/aromatic N) is 3. The molecule has 0 spiro atoms. The van der Waals surface area contributed by atoms with Crippen LogP contribution in [0.15, 0.2) is 82.8 Å². The Morgan fingerprint density at radius 3 is 2.42 bits per heavy atom. The van der Waals surface area contributed by atoms with E-state index in [9.17, 15) is 27.7 Å². The summed E-state index contributed by atoms with van der Waals surface area (Å²) >= 11 is 0. The van der Waals surface area contributed by atoms with Crippen molar-refractivity contribution in [3.05, 3.63) is 99.9 Å². The fourth-order valence-electron chi connectivity index (χ4n) is 2.82. The molecule has 0 heterocycles. The molecule has 3 rings (SSSR count). The quantitative estimate of drug-likeness (QED) is 0.307. The van der Waals surface area contributed by atoms with E-state index in [2.05, 4.69) is 10.5 Å². The van der Waals surface area contributed by atoms with Gasteiger partial charge in [0.1, 0.15) is 12.4 Å². The second kappa shape index (κ2) is 10.0. The van der Waals surface area contributed by atoms with Gasteiger partial charge in [-0.15, -0.1) is 0 Å². The number of hydrazone groups is 1. The van der Waals surface area contributed by atoms with Crippen molar-refractivity contribution in [2.75, 3.05) is 10.8 Å². The highest BCUT2D eigenvalue weighted by Crippen LogP contribution is 2.24. The van der Waals surface area contributed by atoms with E-state index >= 15 is 0 Å². The molecule has 0 aliphatic rings. The van der Waals surface area contributed by atoms with Crippen LogP contribution in [0.25, 0.3) is 0 Å². The molecule has 0 aliphatic heterocycles. The van der Waals surface area contributed by atoms with Gasteiger partial charge in [0.15, 0.2) is 0 Å². The normalized spacial score (nSPS) is 11.3. The Kier molecular flexibility index (Phi) is 7.13. The van der Waals surface area contributed by atoms with Gasteiger partial charge in [-0.1, -0.05) is 29.8 Å². The molecule has 0 aliphatic carbocycles. The van der Waals surface area contributed by atoms with Crippen LogP contribution in [0.5, 0.6) is 0 Å². The highest BCUT2D eigenvalue weighted by atomic mass is 32.2. The summed E-state index contributed by atoms with van der Waals surface area (Å²) in [6.45, 7) is 1.18. The second-order valence-corrected chi connectivity index (χ2v) is 8.81. The zero-order valence-electron chi connectivity index (χ0n) is 17.4. The van der Waals surface area contributed by atoms with Gasteiger partial charge in [0.25, 0.3) is 21.6 Å². The Morgan fingerprint density at radius 2 is 1.79 bits per heavy atom. The Bertz CT molecular complexity index is 1290. The van der Waals surface area contributed by atoms with E-state index in [1.807, 2.05) is 0 Å². The number of sulfonamides is 1. The molecule has 0 saturated heterocycles. The molecular formula is C22H19FN4O5S. The zero-order chi connectivity index (χ0) is 24.0. The largest absolute Gasteiger partial charge is 0.271 e. The van der Waals surface area contributed by atoms with Crippen LogP contribution < -0.4 is 9.73 Å². The van der Waals surface area contributed by atoms with Gasteiger partial charge in [0.2, 0.25) is 0 Å². The summed E-state index contributed by atoms with van der Waals surface area (Å²) in [5, 5.41) is 14.6. The number of halogens is 1. The summed E-state index contributed by atoms with van der Waals surface area (Å²) in [5.74, 6) is -1.32. The Balaban J connectivity index is 1.82. The van der Waals surface area contributed by atoms with Crippen LogP contribution in [-0.4, -0.2) is 32.0 Å². The number of aryl methyl sites for hydroxylation is 1. The van der Waals surface area contributed by atoms with E-state index in [1.54, 1.807) is 25.1 Å². The Hall–Kier alpha value is -4.12. The second-order valence-electron chi connectivity index (χ2n) is 6.95. The third-order valence-corrected chi connectivity index (χ3v) is 6.28. The fraction of sp³-hybridized carbons (Fsp3) is 0.0909. The van der Waals surface area contributed by atoms with Crippen LogP contribution >= 0.6 is 0 Å². The molecule has 0 bridgehead atoms. The number of nitro benzene ring substituents is 1. The first-order valence-electron chi connectivity index (χ1n) is 9.58. The lowest BCUT2D eigenvalue weighted by molar-refractivity contribution is -0.384. The first-order chi connectivity index (χ1) is 15.7. The monoisotopic (exact) mass is 470 g/mol. The highest BCUT2D eigenvalue weighted by molar-refractivity contribution is 7.92. The molecule has 11 heteroatoms. The number of rotatable bonds is 8. The van der Waals surface area contributed by atoms with Gasteiger partial charge >= 0.3 is 0 Å². The summed E-state index contributed by atoms with van der Waals surface area (Å²) in [4.78, 5) is 22.7. The summed E-state index contributed by atoms with van der Waals surface area (Å²) in [6, 6.07) is 16.4. The van der Waals surface area contributed by atoms with Gasteiger partial charge in [-0.05, 0) is 43.3 Å². The number of carbonyl (C=O) groups excluding carboxylic acids is 1. The molecule has 9 nitrogen and oxygen atoms in total. The summed E-state index contributed by atoms with van der Waals surface area (Å²) < 4.78 is 40.6. The van der Waals surface area contributed by atoms with Crippen LogP contribution in [0, 0.1) is 22.9 Å². The van der Waals surface area contributed by atoms with E-state index in [-0.39, 0.29) is 16.3 Å². The van der Waals surface area contributed by atoms with Crippen LogP contribution in [0.1, 0.15) is 11.1 Å². The van der Waals surface area contributed by atoms with E-state index in [1.165, 1.54) is 48.7 Å². The minimum atomic E-state index is -4.15. The maximum atomic E-state index is 13.4. The molecule has 0 fully saturated rings. The number of nitro groups is 1. The molecule has 3 aromatic rings. The number of nitrogens with one attached hydrogen (secondary N) is 1. The lowest BCUT2D eigenvalue weighted by Gasteiger charge is -2.23. The highest BCUT2D eigenvalue weighted by Gasteiger charge is 2.27. The van der Waals surface area contributed by atoms with Crippen LogP contribution in [0.2, 0.25) is 0 Å². The molecule has 3 aromatic carbocycles. The topological polar surface area (TPSA) is 122 Å². The van der Waals surface area contributed by atoms with Crippen molar-refractivity contribution in [2.45, 2.75) is 11.8 Å². The minimum Gasteiger partial charge on any atom is -0.271 e. The first-order valence-corrected chi connectivity index (χ1v) is 11.0. The third-order valence-electron chi connectivity index (χ3n) is 4.49. The minimum absolute atomic E-state index is 0.0367. The predicted octanol–water partition coefficient (Wildman–Crippen LogP) is 3.39. The molecule has 1 amide bonds. The first kappa shape index (κ1) is 23.5. The Morgan fingerprint density at radius 1 is 1.12 bits per heavy atom. The van der Waals surface area contributed by atoms with Crippen molar-refractivity contribution >= 4 is 33.5 Å². The zero-order valence-corrected chi connectivity index (χ0v) is 18.2. The van der Waals surface area contributed by atoms with Crippen molar-refractivity contribution in [3.8, 4) is 0 Å². The van der Waals surface area contributed by atoms with E-state index in [0.717, 1.165) is 22.0 Å². The van der Waals surface area contributed by atoms with Crippen molar-refractivity contribution in [1.29, 1.82) is 0 Å². The lowest BCUT2D eigenvalue weighted by atomic mass is 10.2. The SMILES string of the molecule is Cc1ccc(S(=O)(=O)N(CC(=O)N/N=C\c2cccc([N+](=O)[O-])c2)c2ccc(F)cc2)cc1. The molecule has 170 valence electrons. The molecule has 33 heavy (non-hydrogen) atoms. The number of non-ortho nitro benzene ring substituents is 1. The number of benzene rings is 3. The van der Waals surface area contributed by atoms with Gasteiger partial charge in [-0.25, -0.2) is 18.2 Å². The van der Waals surface area contributed by atoms with Crippen LogP contribution in [0.3, 0.4) is 0 Å². The van der Waals surface area contributed by atoms with E-state index in [0.29, 0.717) is 5.56 Å². The van der Waals surface area contributed by atoms with Gasteiger partial charge in [0, 0.05) is 17.7 Å². The molecule has 0 aromatic heterocycles. The van der Waals surface area contributed by atoms with Gasteiger partial charge in [-0.2, -0.15) is 5.10 Å². The molecule has 1 N–H and O–H groups in total. The average molecular weight is 470 g/mol. The third kappa shape index (κ3) is 5.98. The maximum Gasteiger partial charge on any atom is 0.270 e. The molecular weight excluding hydrogens is 451 g/mol. The van der Waals surface area contributed by atoms with Gasteiger partial charge in [0.05, 0.1) is 21.7 Å². The predicted molar refractivity (Wildman–Crippen MR) is 121 cm³/mol. The number of amides is 1. The van der Waals surface area contributed by atoms with Crippen LogP contribution in [-0.2, 0) is 14.8 Å². The molecule has 0 atom stereocenters. The van der Waals surface area contributed by atoms with Gasteiger partial charge < -0.3 is 0 Å². The standard InChI is InChI=1S/C22H19FN4O5S/c1-16-5-11-21(12-6-16)33(31,32)26(19-9-7-18(23)8-10-19)15-22(28)25-24-14-17-3-2-4-20(13-17)27(29)30/h2-14H,15H2,1H3,(H,25,28)/b24-14-. The van der Waals surface area contributed by atoms with Crippen LogP contribution in [0.4, 0.5) is 15.8 Å². The molecule has 0 saturated carbocycles. The van der Waals surface area contributed by atoms with Crippen molar-refractivity contribution < 1.29 is 22.5 Å². The fourth-order valence-corrected chi connectivity index (χ4v) is 4.24. The summed E-state index contributed by atoms with van der Waals surface area (Å²) in [6.07, 6.45) is 1.20. The van der Waals surface area contributed by atoms with Gasteiger partial charge in [-0.3, -0.25) is 19.2 Å². The summed E-state index contributed by atoms with van der Waals surface area (Å²) in [5.41, 5.74) is 3.38. The van der Waals surface area contributed by atoms with E-state index in [4.69, 9.17) is 0 Å². The lowest BCUT2D eigenvalue weighted by Crippen LogP contribution is -2.39. The number of hydrogen-bond donors (Lipinski definition) is 1. The average Bonchev–Trinajstić information content (AvgIpc) is 2.78. The molecule has 0 unspecified atom stereocenters. The molecule has 0 radical (unpaired) electrons. The smallest absolute Gasteiger partial charge is 0.270 e. The number of carbonyl (C=O) groups is 1. The van der Waals surface area contributed by atoms with E-state index < -0.39 is 33.2 Å². The number of hydrogen-bond acceptors (Lipinski definition) is 6. The summed E-state index contributed by atoms with van der Waals surface area (Å²) in [7, 11) is -4.15.